The van der Waals surface area contributed by atoms with E-state index in [4.69, 9.17) is 9.47 Å². The molecule has 4 heterocycles. The molecule has 2 aliphatic heterocycles. The third-order valence-electron chi connectivity index (χ3n) is 5.76. The summed E-state index contributed by atoms with van der Waals surface area (Å²) in [7, 11) is 0. The normalized spacial score (nSPS) is 17.7. The van der Waals surface area contributed by atoms with Crippen LogP contribution in [0.3, 0.4) is 0 Å². The van der Waals surface area contributed by atoms with Crippen LogP contribution in [0.25, 0.3) is 5.52 Å². The Morgan fingerprint density at radius 3 is 2.62 bits per heavy atom. The maximum Gasteiger partial charge on any atom is 0.276 e. The molecule has 5 rings (SSSR count). The third-order valence-corrected chi connectivity index (χ3v) is 5.76. The van der Waals surface area contributed by atoms with Crippen LogP contribution in [0.4, 0.5) is 4.39 Å². The molecule has 2 saturated heterocycles. The molecule has 1 N–H and O–H groups in total. The van der Waals surface area contributed by atoms with Crippen molar-refractivity contribution in [1.29, 1.82) is 0 Å². The van der Waals surface area contributed by atoms with Crippen LogP contribution in [0.2, 0.25) is 0 Å². The lowest BCUT2D eigenvalue weighted by atomic mass is 10.00. The number of nitrogens with one attached hydrogen (secondary N) is 1. The van der Waals surface area contributed by atoms with Crippen molar-refractivity contribution in [1.82, 2.24) is 24.5 Å². The van der Waals surface area contributed by atoms with Gasteiger partial charge in [0.15, 0.2) is 5.52 Å². The third kappa shape index (κ3) is 5.06. The van der Waals surface area contributed by atoms with Crippen LogP contribution in [-0.4, -0.2) is 56.9 Å². The summed E-state index contributed by atoms with van der Waals surface area (Å²) in [5.74, 6) is 1.47. The molecule has 3 aromatic rings. The molecule has 2 aliphatic rings. The van der Waals surface area contributed by atoms with E-state index in [0.717, 1.165) is 37.3 Å². The highest BCUT2D eigenvalue weighted by atomic mass is 19.1. The van der Waals surface area contributed by atoms with E-state index in [9.17, 15) is 9.18 Å². The van der Waals surface area contributed by atoms with Crippen molar-refractivity contribution in [3.05, 3.63) is 63.8 Å². The maximum atomic E-state index is 13.0. The Bertz CT molecular complexity index is 1070. The number of H-pyrrole nitrogens is 1. The van der Waals surface area contributed by atoms with Crippen LogP contribution >= 0.6 is 0 Å². The van der Waals surface area contributed by atoms with Gasteiger partial charge in [0.2, 0.25) is 0 Å². The van der Waals surface area contributed by atoms with E-state index in [-0.39, 0.29) is 23.4 Å². The number of likely N-dealkylation sites (tertiary alicyclic amines) is 1. The van der Waals surface area contributed by atoms with Gasteiger partial charge in [0.05, 0.1) is 25.5 Å². The largest absolute Gasteiger partial charge is 0.381 e. The molecule has 0 radical (unpaired) electrons. The Labute approximate surface area is 186 Å². The Hall–Kier alpha value is -2.62. The number of nitrogens with zero attached hydrogens (tertiary/aromatic N) is 4. The first kappa shape index (κ1) is 22.6. The van der Waals surface area contributed by atoms with Crippen molar-refractivity contribution in [2.45, 2.75) is 51.9 Å². The monoisotopic (exact) mass is 443 g/mol. The molecule has 172 valence electrons. The SMILES string of the molecule is CC.O=c1[nH]c(CN2CC(OCc3ccc(F)cc3)C2)nn2c(C3CCOCC3)ncc12. The fourth-order valence-electron chi connectivity index (χ4n) is 4.03. The summed E-state index contributed by atoms with van der Waals surface area (Å²) >= 11 is 0. The molecule has 0 bridgehead atoms. The zero-order valence-corrected chi connectivity index (χ0v) is 18.6. The second-order valence-electron chi connectivity index (χ2n) is 7.95. The van der Waals surface area contributed by atoms with E-state index in [1.54, 1.807) is 22.8 Å². The number of halogens is 1. The Kier molecular flexibility index (Phi) is 7.29. The van der Waals surface area contributed by atoms with E-state index >= 15 is 0 Å². The van der Waals surface area contributed by atoms with Crippen LogP contribution in [-0.2, 0) is 22.6 Å². The Morgan fingerprint density at radius 1 is 1.19 bits per heavy atom. The molecule has 0 spiro atoms. The van der Waals surface area contributed by atoms with Gasteiger partial charge in [0, 0.05) is 32.2 Å². The van der Waals surface area contributed by atoms with Crippen molar-refractivity contribution >= 4 is 5.52 Å². The highest BCUT2D eigenvalue weighted by molar-refractivity contribution is 5.42. The van der Waals surface area contributed by atoms with Crippen LogP contribution < -0.4 is 5.56 Å². The molecule has 0 unspecified atom stereocenters. The Morgan fingerprint density at radius 2 is 1.91 bits per heavy atom. The minimum Gasteiger partial charge on any atom is -0.381 e. The number of rotatable bonds is 6. The first-order chi connectivity index (χ1) is 15.7. The van der Waals surface area contributed by atoms with Crippen LogP contribution in [0.15, 0.2) is 35.3 Å². The fourth-order valence-corrected chi connectivity index (χ4v) is 4.03. The fraction of sp³-hybridized carbons (Fsp3) is 0.522. The van der Waals surface area contributed by atoms with Crippen LogP contribution in [0.1, 0.15) is 49.8 Å². The molecular weight excluding hydrogens is 413 g/mol. The van der Waals surface area contributed by atoms with Gasteiger partial charge >= 0.3 is 0 Å². The minimum atomic E-state index is -0.245. The van der Waals surface area contributed by atoms with E-state index in [1.165, 1.54) is 12.1 Å². The second-order valence-corrected chi connectivity index (χ2v) is 7.95. The molecule has 8 nitrogen and oxygen atoms in total. The van der Waals surface area contributed by atoms with Gasteiger partial charge in [0.1, 0.15) is 17.5 Å². The molecule has 32 heavy (non-hydrogen) atoms. The Balaban J connectivity index is 0.00000119. The lowest BCUT2D eigenvalue weighted by molar-refractivity contribution is -0.0668. The van der Waals surface area contributed by atoms with Crippen molar-refractivity contribution in [3.63, 3.8) is 0 Å². The number of ether oxygens (including phenoxy) is 2. The zero-order chi connectivity index (χ0) is 22.5. The van der Waals surface area contributed by atoms with Crippen molar-refractivity contribution in [2.24, 2.45) is 0 Å². The second kappa shape index (κ2) is 10.3. The van der Waals surface area contributed by atoms with Crippen molar-refractivity contribution < 1.29 is 13.9 Å². The summed E-state index contributed by atoms with van der Waals surface area (Å²) in [5.41, 5.74) is 1.26. The summed E-state index contributed by atoms with van der Waals surface area (Å²) in [6.45, 7) is 7.96. The molecule has 2 fully saturated rings. The van der Waals surface area contributed by atoms with Gasteiger partial charge in [0.25, 0.3) is 5.56 Å². The summed E-state index contributed by atoms with van der Waals surface area (Å²) in [4.78, 5) is 22.0. The molecular formula is C23H30FN5O3. The standard InChI is InChI=1S/C21H24FN5O3.C2H6/c22-16-3-1-14(2-4-16)13-30-17-10-26(11-17)12-19-24-21(28)18-9-23-20(27(18)25-19)15-5-7-29-8-6-15;1-2/h1-4,9,15,17H,5-8,10-13H2,(H,24,25,28);1-2H3. The first-order valence-electron chi connectivity index (χ1n) is 11.3. The molecule has 0 amide bonds. The molecule has 9 heteroatoms. The van der Waals surface area contributed by atoms with Gasteiger partial charge in [-0.25, -0.2) is 13.9 Å². The van der Waals surface area contributed by atoms with Gasteiger partial charge in [-0.05, 0) is 30.5 Å². The number of aromatic nitrogens is 4. The number of imidazole rings is 1. The lowest BCUT2D eigenvalue weighted by Gasteiger charge is -2.38. The van der Waals surface area contributed by atoms with Crippen LogP contribution in [0.5, 0.6) is 0 Å². The molecule has 0 aliphatic carbocycles. The number of benzene rings is 1. The van der Waals surface area contributed by atoms with Gasteiger partial charge in [-0.15, -0.1) is 0 Å². The average molecular weight is 444 g/mol. The predicted octanol–water partition coefficient (Wildman–Crippen LogP) is 2.88. The molecule has 2 aromatic heterocycles. The zero-order valence-electron chi connectivity index (χ0n) is 18.6. The molecule has 1 aromatic carbocycles. The topological polar surface area (TPSA) is 84.8 Å². The summed E-state index contributed by atoms with van der Waals surface area (Å²) < 4.78 is 26.0. The maximum absolute atomic E-state index is 13.0. The number of hydrogen-bond donors (Lipinski definition) is 1. The smallest absolute Gasteiger partial charge is 0.276 e. The van der Waals surface area contributed by atoms with Crippen molar-refractivity contribution in [2.75, 3.05) is 26.3 Å². The van der Waals surface area contributed by atoms with Gasteiger partial charge in [-0.3, -0.25) is 9.69 Å². The van der Waals surface area contributed by atoms with Crippen LogP contribution in [0, 0.1) is 5.82 Å². The highest BCUT2D eigenvalue weighted by Crippen LogP contribution is 2.25. The number of fused-ring (bicyclic) bond motifs is 1. The molecule has 0 atom stereocenters. The predicted molar refractivity (Wildman–Crippen MR) is 118 cm³/mol. The van der Waals surface area contributed by atoms with Crippen molar-refractivity contribution in [3.8, 4) is 0 Å². The summed E-state index contributed by atoms with van der Waals surface area (Å²) in [5, 5.41) is 4.66. The highest BCUT2D eigenvalue weighted by Gasteiger charge is 2.28. The lowest BCUT2D eigenvalue weighted by Crippen LogP contribution is -2.51. The summed E-state index contributed by atoms with van der Waals surface area (Å²) in [6, 6.07) is 6.34. The van der Waals surface area contributed by atoms with Gasteiger partial charge in [-0.1, -0.05) is 26.0 Å². The first-order valence-corrected chi connectivity index (χ1v) is 11.3. The van der Waals surface area contributed by atoms with E-state index in [2.05, 4.69) is 20.0 Å². The average Bonchev–Trinajstić information content (AvgIpc) is 3.23. The minimum absolute atomic E-state index is 0.122. The summed E-state index contributed by atoms with van der Waals surface area (Å²) in [6.07, 6.45) is 3.50. The molecule has 0 saturated carbocycles. The number of aromatic amines is 1. The van der Waals surface area contributed by atoms with Gasteiger partial charge in [-0.2, -0.15) is 5.10 Å². The number of hydrogen-bond acceptors (Lipinski definition) is 6. The van der Waals surface area contributed by atoms with E-state index in [1.807, 2.05) is 13.8 Å². The van der Waals surface area contributed by atoms with E-state index in [0.29, 0.717) is 37.7 Å². The van der Waals surface area contributed by atoms with Gasteiger partial charge < -0.3 is 14.5 Å². The van der Waals surface area contributed by atoms with E-state index < -0.39 is 0 Å². The quantitative estimate of drug-likeness (QED) is 0.631.